The molecule has 0 fully saturated rings. The molecule has 6 aromatic carbocycles. The molecule has 0 aliphatic rings. The van der Waals surface area contributed by atoms with Gasteiger partial charge in [-0.25, -0.2) is 0 Å². The van der Waals surface area contributed by atoms with E-state index in [0.717, 1.165) is 33.4 Å². The molecule has 0 radical (unpaired) electrons. The van der Waals surface area contributed by atoms with Crippen molar-refractivity contribution in [3.63, 3.8) is 0 Å². The number of rotatable bonds is 13. The summed E-state index contributed by atoms with van der Waals surface area (Å²) in [7, 11) is 0. The van der Waals surface area contributed by atoms with Crippen molar-refractivity contribution in [3.05, 3.63) is 155 Å². The maximum Gasteiger partial charge on any atom is 0.169 e. The molecule has 8 heteroatoms. The molecule has 6 N–H and O–H groups in total. The Balaban J connectivity index is 1.10. The minimum absolute atomic E-state index is 0.0550. The van der Waals surface area contributed by atoms with Crippen LogP contribution in [0.2, 0.25) is 0 Å². The topological polar surface area (TPSA) is 140 Å². The number of phenols is 6. The van der Waals surface area contributed by atoms with E-state index >= 15 is 0 Å². The molecule has 0 unspecified atom stereocenters. The standard InChI is InChI=1S/C42H38O8/c43-33-5-1-3-27(21-33)7-9-29-13-17-35(45)39(23-29)49-41-25-31(15-19-37(41)47)11-12-32-16-20-38(48)42(26-32)50-40-24-30(14-18-36(40)46)10-8-28-4-2-6-34(44)22-28/h1-6,13-26,43-48H,7-12H2. The number of aromatic hydroxyl groups is 6. The normalized spacial score (nSPS) is 11.0. The van der Waals surface area contributed by atoms with E-state index in [4.69, 9.17) is 9.47 Å². The van der Waals surface area contributed by atoms with Crippen molar-refractivity contribution in [1.29, 1.82) is 0 Å². The molecule has 0 saturated carbocycles. The van der Waals surface area contributed by atoms with Gasteiger partial charge < -0.3 is 40.1 Å². The Labute approximate surface area is 290 Å². The second-order valence-electron chi connectivity index (χ2n) is 12.3. The van der Waals surface area contributed by atoms with Gasteiger partial charge in [-0.1, -0.05) is 48.5 Å². The lowest BCUT2D eigenvalue weighted by atomic mass is 10.0. The second-order valence-corrected chi connectivity index (χ2v) is 12.3. The molecule has 50 heavy (non-hydrogen) atoms. The van der Waals surface area contributed by atoms with Crippen molar-refractivity contribution >= 4 is 0 Å². The fourth-order valence-electron chi connectivity index (χ4n) is 5.71. The summed E-state index contributed by atoms with van der Waals surface area (Å²) in [5.74, 6) is 1.04. The fourth-order valence-corrected chi connectivity index (χ4v) is 5.71. The minimum atomic E-state index is -0.0670. The molecule has 6 rings (SSSR count). The molecular weight excluding hydrogens is 632 g/mol. The summed E-state index contributed by atoms with van der Waals surface area (Å²) in [4.78, 5) is 0. The summed E-state index contributed by atoms with van der Waals surface area (Å²) in [5, 5.41) is 61.6. The Bertz CT molecular complexity index is 1950. The average molecular weight is 671 g/mol. The number of phenolic OH excluding ortho intramolecular Hbond substituents is 6. The van der Waals surface area contributed by atoms with Crippen LogP contribution in [0.5, 0.6) is 57.5 Å². The molecule has 0 atom stereocenters. The summed E-state index contributed by atoms with van der Waals surface area (Å²) < 4.78 is 12.0. The van der Waals surface area contributed by atoms with E-state index in [2.05, 4.69) is 0 Å². The van der Waals surface area contributed by atoms with Gasteiger partial charge in [-0.15, -0.1) is 0 Å². The zero-order valence-corrected chi connectivity index (χ0v) is 27.3. The second kappa shape index (κ2) is 15.3. The lowest BCUT2D eigenvalue weighted by Crippen LogP contribution is -1.96. The highest BCUT2D eigenvalue weighted by molar-refractivity contribution is 5.51. The molecular formula is C42H38O8. The largest absolute Gasteiger partial charge is 0.508 e. The van der Waals surface area contributed by atoms with E-state index in [1.165, 1.54) is 0 Å². The molecule has 8 nitrogen and oxygen atoms in total. The van der Waals surface area contributed by atoms with Crippen LogP contribution in [-0.2, 0) is 38.5 Å². The Morgan fingerprint density at radius 2 is 0.560 bits per heavy atom. The van der Waals surface area contributed by atoms with Crippen LogP contribution >= 0.6 is 0 Å². The van der Waals surface area contributed by atoms with Gasteiger partial charge in [-0.2, -0.15) is 0 Å². The van der Waals surface area contributed by atoms with E-state index in [1.807, 2.05) is 24.3 Å². The van der Waals surface area contributed by atoms with Crippen molar-refractivity contribution in [3.8, 4) is 57.5 Å². The van der Waals surface area contributed by atoms with Crippen LogP contribution < -0.4 is 9.47 Å². The molecule has 0 amide bonds. The first-order valence-corrected chi connectivity index (χ1v) is 16.4. The Kier molecular flexibility index (Phi) is 10.3. The molecule has 254 valence electrons. The van der Waals surface area contributed by atoms with Crippen LogP contribution in [0.4, 0.5) is 0 Å². The van der Waals surface area contributed by atoms with Crippen molar-refractivity contribution in [2.75, 3.05) is 0 Å². The predicted octanol–water partition coefficient (Wildman–Crippen LogP) is 8.86. The van der Waals surface area contributed by atoms with E-state index < -0.39 is 0 Å². The number of ether oxygens (including phenoxy) is 2. The van der Waals surface area contributed by atoms with E-state index in [-0.39, 0.29) is 57.5 Å². The number of aryl methyl sites for hydroxylation is 6. The van der Waals surface area contributed by atoms with Gasteiger partial charge in [-0.3, -0.25) is 0 Å². The van der Waals surface area contributed by atoms with Crippen LogP contribution in [0, 0.1) is 0 Å². The Morgan fingerprint density at radius 1 is 0.300 bits per heavy atom. The van der Waals surface area contributed by atoms with Gasteiger partial charge in [0, 0.05) is 0 Å². The molecule has 0 aliphatic heterocycles. The maximum absolute atomic E-state index is 10.6. The summed E-state index contributed by atoms with van der Waals surface area (Å²) in [6.07, 6.45) is 3.86. The summed E-state index contributed by atoms with van der Waals surface area (Å²) >= 11 is 0. The SMILES string of the molecule is Oc1cccc(CCc2ccc(O)c(Oc3cc(CCc4ccc(O)c(Oc5cc(CCc6cccc(O)c6)ccc5O)c4)ccc3O)c2)c1. The quantitative estimate of drug-likeness (QED) is 0.0716. The third-order valence-corrected chi connectivity index (χ3v) is 8.46. The summed E-state index contributed by atoms with van der Waals surface area (Å²) in [6, 6.07) is 34.6. The molecule has 0 spiro atoms. The van der Waals surface area contributed by atoms with E-state index in [9.17, 15) is 30.6 Å². The van der Waals surface area contributed by atoms with Gasteiger partial charge in [0.2, 0.25) is 0 Å². The van der Waals surface area contributed by atoms with Crippen molar-refractivity contribution in [2.24, 2.45) is 0 Å². The lowest BCUT2D eigenvalue weighted by molar-refractivity contribution is 0.384. The zero-order valence-electron chi connectivity index (χ0n) is 27.3. The third kappa shape index (κ3) is 8.79. The Morgan fingerprint density at radius 3 is 0.820 bits per heavy atom. The van der Waals surface area contributed by atoms with Crippen molar-refractivity contribution in [2.45, 2.75) is 38.5 Å². The highest BCUT2D eigenvalue weighted by Gasteiger charge is 2.13. The van der Waals surface area contributed by atoms with Crippen LogP contribution in [0.3, 0.4) is 0 Å². The molecule has 0 heterocycles. The van der Waals surface area contributed by atoms with Crippen LogP contribution in [-0.4, -0.2) is 30.6 Å². The van der Waals surface area contributed by atoms with Crippen molar-refractivity contribution in [1.82, 2.24) is 0 Å². The molecule has 0 aromatic heterocycles. The first kappa shape index (κ1) is 33.6. The fraction of sp³-hybridized carbons (Fsp3) is 0.143. The number of benzene rings is 6. The zero-order chi connectivity index (χ0) is 35.0. The lowest BCUT2D eigenvalue weighted by Gasteiger charge is -2.13. The maximum atomic E-state index is 10.6. The van der Waals surface area contributed by atoms with Gasteiger partial charge >= 0.3 is 0 Å². The molecule has 0 aliphatic carbocycles. The first-order chi connectivity index (χ1) is 24.2. The van der Waals surface area contributed by atoms with E-state index in [1.54, 1.807) is 97.1 Å². The predicted molar refractivity (Wildman–Crippen MR) is 191 cm³/mol. The third-order valence-electron chi connectivity index (χ3n) is 8.46. The van der Waals surface area contributed by atoms with Gasteiger partial charge in [0.1, 0.15) is 11.5 Å². The molecule has 6 aromatic rings. The highest BCUT2D eigenvalue weighted by atomic mass is 16.5. The minimum Gasteiger partial charge on any atom is -0.508 e. The molecule has 0 saturated heterocycles. The van der Waals surface area contributed by atoms with Gasteiger partial charge in [0.25, 0.3) is 0 Å². The first-order valence-electron chi connectivity index (χ1n) is 16.4. The van der Waals surface area contributed by atoms with Gasteiger partial charge in [0.05, 0.1) is 0 Å². The van der Waals surface area contributed by atoms with Gasteiger partial charge in [-0.05, 0) is 145 Å². The Hall–Kier alpha value is -6.28. The van der Waals surface area contributed by atoms with Crippen LogP contribution in [0.25, 0.3) is 0 Å². The van der Waals surface area contributed by atoms with Crippen LogP contribution in [0.15, 0.2) is 121 Å². The van der Waals surface area contributed by atoms with Crippen LogP contribution in [0.1, 0.15) is 33.4 Å². The van der Waals surface area contributed by atoms with Gasteiger partial charge in [0.15, 0.2) is 46.0 Å². The highest BCUT2D eigenvalue weighted by Crippen LogP contribution is 2.39. The molecule has 0 bridgehead atoms. The summed E-state index contributed by atoms with van der Waals surface area (Å²) in [5.41, 5.74) is 5.59. The monoisotopic (exact) mass is 670 g/mol. The van der Waals surface area contributed by atoms with E-state index in [0.29, 0.717) is 38.5 Å². The summed E-state index contributed by atoms with van der Waals surface area (Å²) in [6.45, 7) is 0. The average Bonchev–Trinajstić information content (AvgIpc) is 3.10. The number of hydrogen-bond donors (Lipinski definition) is 6. The van der Waals surface area contributed by atoms with Crippen molar-refractivity contribution < 1.29 is 40.1 Å². The smallest absolute Gasteiger partial charge is 0.169 e. The number of hydrogen-bond acceptors (Lipinski definition) is 8.